The molecule has 1 unspecified atom stereocenters. The van der Waals surface area contributed by atoms with Gasteiger partial charge in [-0.2, -0.15) is 0 Å². The molecular weight excluding hydrogens is 202 g/mol. The maximum Gasteiger partial charge on any atom is 0.0107 e. The Hall–Kier alpha value is -0.470. The molecule has 84 valence electrons. The summed E-state index contributed by atoms with van der Waals surface area (Å²) in [5.41, 5.74) is 9.83. The average molecular weight is 223 g/mol. The van der Waals surface area contributed by atoms with Gasteiger partial charge in [0.1, 0.15) is 0 Å². The molecule has 0 heterocycles. The molecule has 0 aliphatic rings. The second-order valence-electron chi connectivity index (χ2n) is 4.16. The van der Waals surface area contributed by atoms with Crippen molar-refractivity contribution in [2.45, 2.75) is 38.0 Å². The third-order valence-corrected chi connectivity index (χ3v) is 3.77. The lowest BCUT2D eigenvalue weighted by Gasteiger charge is -2.16. The molecule has 15 heavy (non-hydrogen) atoms. The zero-order valence-electron chi connectivity index (χ0n) is 10.1. The molecule has 0 fully saturated rings. The molecule has 0 saturated carbocycles. The second kappa shape index (κ2) is 5.57. The van der Waals surface area contributed by atoms with Gasteiger partial charge in [-0.05, 0) is 61.7 Å². The van der Waals surface area contributed by atoms with Crippen molar-refractivity contribution < 1.29 is 0 Å². The standard InChI is InChI=1S/C13H21NS/c1-9(5-6-14)12-7-10(2)11(3)8-13(12)15-4/h7-9H,5-6,14H2,1-4H3. The van der Waals surface area contributed by atoms with E-state index in [1.54, 1.807) is 0 Å². The van der Waals surface area contributed by atoms with Crippen LogP contribution >= 0.6 is 11.8 Å². The first-order valence-corrected chi connectivity index (χ1v) is 6.67. The van der Waals surface area contributed by atoms with Crippen molar-refractivity contribution in [3.8, 4) is 0 Å². The Balaban J connectivity index is 3.09. The van der Waals surface area contributed by atoms with Gasteiger partial charge in [0.2, 0.25) is 0 Å². The van der Waals surface area contributed by atoms with Crippen LogP contribution in [-0.2, 0) is 0 Å². The van der Waals surface area contributed by atoms with E-state index in [2.05, 4.69) is 39.2 Å². The molecule has 2 N–H and O–H groups in total. The van der Waals surface area contributed by atoms with Gasteiger partial charge < -0.3 is 5.73 Å². The van der Waals surface area contributed by atoms with Crippen molar-refractivity contribution in [1.29, 1.82) is 0 Å². The Morgan fingerprint density at radius 2 is 1.87 bits per heavy atom. The zero-order valence-corrected chi connectivity index (χ0v) is 10.9. The molecular formula is C13H21NS. The van der Waals surface area contributed by atoms with E-state index in [1.807, 2.05) is 11.8 Å². The van der Waals surface area contributed by atoms with E-state index < -0.39 is 0 Å². The third kappa shape index (κ3) is 2.99. The zero-order chi connectivity index (χ0) is 11.4. The molecule has 0 saturated heterocycles. The lowest BCUT2D eigenvalue weighted by Crippen LogP contribution is -2.06. The van der Waals surface area contributed by atoms with E-state index >= 15 is 0 Å². The van der Waals surface area contributed by atoms with Crippen molar-refractivity contribution in [3.05, 3.63) is 28.8 Å². The number of hydrogen-bond donors (Lipinski definition) is 1. The van der Waals surface area contributed by atoms with E-state index in [0.29, 0.717) is 5.92 Å². The van der Waals surface area contributed by atoms with Gasteiger partial charge in [-0.25, -0.2) is 0 Å². The first-order chi connectivity index (χ1) is 7.10. The Labute approximate surface area is 97.4 Å². The fourth-order valence-electron chi connectivity index (χ4n) is 1.78. The molecule has 0 aliphatic carbocycles. The molecule has 1 atom stereocenters. The lowest BCUT2D eigenvalue weighted by molar-refractivity contribution is 0.678. The van der Waals surface area contributed by atoms with Gasteiger partial charge in [-0.3, -0.25) is 0 Å². The van der Waals surface area contributed by atoms with Gasteiger partial charge in [-0.1, -0.05) is 13.0 Å². The van der Waals surface area contributed by atoms with Crippen LogP contribution in [0.15, 0.2) is 17.0 Å². The maximum atomic E-state index is 5.62. The van der Waals surface area contributed by atoms with Crippen LogP contribution in [0.5, 0.6) is 0 Å². The van der Waals surface area contributed by atoms with Gasteiger partial charge >= 0.3 is 0 Å². The van der Waals surface area contributed by atoms with Crippen molar-refractivity contribution in [2.24, 2.45) is 5.73 Å². The number of aryl methyl sites for hydroxylation is 2. The van der Waals surface area contributed by atoms with Gasteiger partial charge in [0, 0.05) is 4.90 Å². The normalized spacial score (nSPS) is 12.9. The predicted molar refractivity (Wildman–Crippen MR) is 69.8 cm³/mol. The highest BCUT2D eigenvalue weighted by molar-refractivity contribution is 7.98. The Kier molecular flexibility index (Phi) is 4.68. The smallest absolute Gasteiger partial charge is 0.0107 e. The number of hydrogen-bond acceptors (Lipinski definition) is 2. The SMILES string of the molecule is CSc1cc(C)c(C)cc1C(C)CCN. The van der Waals surface area contributed by atoms with Crippen molar-refractivity contribution in [3.63, 3.8) is 0 Å². The minimum atomic E-state index is 0.566. The molecule has 0 amide bonds. The molecule has 1 aromatic carbocycles. The summed E-state index contributed by atoms with van der Waals surface area (Å²) in [4.78, 5) is 1.40. The summed E-state index contributed by atoms with van der Waals surface area (Å²) in [6.45, 7) is 7.38. The molecule has 0 aromatic heterocycles. The van der Waals surface area contributed by atoms with Crippen molar-refractivity contribution in [2.75, 3.05) is 12.8 Å². The Bertz CT molecular complexity index is 334. The van der Waals surface area contributed by atoms with Crippen LogP contribution in [0, 0.1) is 13.8 Å². The quantitative estimate of drug-likeness (QED) is 0.791. The molecule has 1 nitrogen and oxygen atoms in total. The molecule has 1 rings (SSSR count). The van der Waals surface area contributed by atoms with Crippen LogP contribution < -0.4 is 5.73 Å². The van der Waals surface area contributed by atoms with Crippen LogP contribution in [0.1, 0.15) is 36.0 Å². The second-order valence-corrected chi connectivity index (χ2v) is 5.00. The highest BCUT2D eigenvalue weighted by Crippen LogP contribution is 2.31. The van der Waals surface area contributed by atoms with Gasteiger partial charge in [0.05, 0.1) is 0 Å². The monoisotopic (exact) mass is 223 g/mol. The van der Waals surface area contributed by atoms with Gasteiger partial charge in [-0.15, -0.1) is 11.8 Å². The average Bonchev–Trinajstić information content (AvgIpc) is 2.21. The fraction of sp³-hybridized carbons (Fsp3) is 0.538. The minimum Gasteiger partial charge on any atom is -0.330 e. The Morgan fingerprint density at radius 3 is 2.40 bits per heavy atom. The fourth-order valence-corrected chi connectivity index (χ4v) is 2.57. The first kappa shape index (κ1) is 12.6. The number of nitrogens with two attached hydrogens (primary N) is 1. The van der Waals surface area contributed by atoms with E-state index in [0.717, 1.165) is 13.0 Å². The van der Waals surface area contributed by atoms with E-state index in [-0.39, 0.29) is 0 Å². The van der Waals surface area contributed by atoms with E-state index in [4.69, 9.17) is 5.73 Å². The number of rotatable bonds is 4. The topological polar surface area (TPSA) is 26.0 Å². The van der Waals surface area contributed by atoms with Gasteiger partial charge in [0.15, 0.2) is 0 Å². The van der Waals surface area contributed by atoms with Crippen LogP contribution in [0.3, 0.4) is 0 Å². The largest absolute Gasteiger partial charge is 0.330 e. The molecule has 0 bridgehead atoms. The van der Waals surface area contributed by atoms with Crippen molar-refractivity contribution in [1.82, 2.24) is 0 Å². The van der Waals surface area contributed by atoms with E-state index in [1.165, 1.54) is 21.6 Å². The molecule has 0 aliphatic heterocycles. The minimum absolute atomic E-state index is 0.566. The Morgan fingerprint density at radius 1 is 1.27 bits per heavy atom. The molecule has 1 aromatic rings. The summed E-state index contributed by atoms with van der Waals surface area (Å²) < 4.78 is 0. The first-order valence-electron chi connectivity index (χ1n) is 5.45. The third-order valence-electron chi connectivity index (χ3n) is 2.98. The number of benzene rings is 1. The summed E-state index contributed by atoms with van der Waals surface area (Å²) in [5, 5.41) is 0. The van der Waals surface area contributed by atoms with Gasteiger partial charge in [0.25, 0.3) is 0 Å². The van der Waals surface area contributed by atoms with Crippen LogP contribution in [0.4, 0.5) is 0 Å². The van der Waals surface area contributed by atoms with Crippen LogP contribution in [0.25, 0.3) is 0 Å². The number of thioether (sulfide) groups is 1. The molecule has 0 spiro atoms. The van der Waals surface area contributed by atoms with Crippen LogP contribution in [0.2, 0.25) is 0 Å². The van der Waals surface area contributed by atoms with Crippen molar-refractivity contribution >= 4 is 11.8 Å². The summed E-state index contributed by atoms with van der Waals surface area (Å²) in [7, 11) is 0. The summed E-state index contributed by atoms with van der Waals surface area (Å²) in [6.07, 6.45) is 3.21. The summed E-state index contributed by atoms with van der Waals surface area (Å²) in [5.74, 6) is 0.566. The van der Waals surface area contributed by atoms with E-state index in [9.17, 15) is 0 Å². The maximum absolute atomic E-state index is 5.62. The molecule has 2 heteroatoms. The van der Waals surface area contributed by atoms with Crippen LogP contribution in [-0.4, -0.2) is 12.8 Å². The highest BCUT2D eigenvalue weighted by atomic mass is 32.2. The summed E-state index contributed by atoms with van der Waals surface area (Å²) in [6, 6.07) is 4.61. The molecule has 0 radical (unpaired) electrons. The summed E-state index contributed by atoms with van der Waals surface area (Å²) >= 11 is 1.83. The lowest BCUT2D eigenvalue weighted by atomic mass is 9.94. The highest BCUT2D eigenvalue weighted by Gasteiger charge is 2.11. The predicted octanol–water partition coefficient (Wildman–Crippen LogP) is 3.48.